The molecule has 1 aliphatic heterocycles. The van der Waals surface area contributed by atoms with Gasteiger partial charge in [-0.05, 0) is 36.8 Å². The summed E-state index contributed by atoms with van der Waals surface area (Å²) in [7, 11) is -10.9. The van der Waals surface area contributed by atoms with Gasteiger partial charge in [-0.1, -0.05) is 18.2 Å². The topological polar surface area (TPSA) is 148 Å². The minimum atomic E-state index is -5.91. The van der Waals surface area contributed by atoms with E-state index < -0.39 is 48.8 Å². The lowest BCUT2D eigenvalue weighted by Crippen LogP contribution is -2.47. The molecule has 0 spiro atoms. The molecule has 2 aromatic rings. The molecule has 2 aromatic carbocycles. The summed E-state index contributed by atoms with van der Waals surface area (Å²) >= 11 is 1.44. The first kappa shape index (κ1) is 34.8. The molecule has 0 radical (unpaired) electrons. The van der Waals surface area contributed by atoms with Crippen molar-refractivity contribution in [1.82, 2.24) is 9.80 Å². The molecular weight excluding hydrogens is 640 g/mol. The van der Waals surface area contributed by atoms with Crippen LogP contribution in [0.15, 0.2) is 63.2 Å². The lowest BCUT2D eigenvalue weighted by atomic mass is 10.2. The molecule has 0 bridgehead atoms. The van der Waals surface area contributed by atoms with Crippen molar-refractivity contribution in [3.63, 3.8) is 0 Å². The van der Waals surface area contributed by atoms with Crippen LogP contribution < -0.4 is 10.5 Å². The molecule has 1 saturated heterocycles. The van der Waals surface area contributed by atoms with Crippen molar-refractivity contribution in [3.05, 3.63) is 48.5 Å². The molecule has 0 aliphatic carbocycles. The van der Waals surface area contributed by atoms with Crippen LogP contribution in [0.4, 0.5) is 18.9 Å². The van der Waals surface area contributed by atoms with E-state index in [4.69, 9.17) is 14.2 Å². The first-order chi connectivity index (χ1) is 19.6. The number of rotatable bonds is 14. The van der Waals surface area contributed by atoms with Crippen LogP contribution in [0.5, 0.6) is 0 Å². The summed E-state index contributed by atoms with van der Waals surface area (Å²) in [6, 6.07) is 11.2. The summed E-state index contributed by atoms with van der Waals surface area (Å²) in [6.07, 6.45) is 0.577. The molecule has 236 valence electrons. The predicted octanol–water partition coefficient (Wildman–Crippen LogP) is 3.65. The Morgan fingerprint density at radius 3 is 2.14 bits per heavy atom. The number of halogens is 3. The minimum Gasteiger partial charge on any atom is -0.380 e. The first-order valence-corrected chi connectivity index (χ1v) is 18.4. The average Bonchev–Trinajstić information content (AvgIpc) is 2.94. The van der Waals surface area contributed by atoms with Gasteiger partial charge in [0.1, 0.15) is 11.2 Å². The molecular formula is C24H34F3N4O7PS3. The molecule has 1 aliphatic rings. The highest BCUT2D eigenvalue weighted by molar-refractivity contribution is 7.99. The minimum absolute atomic E-state index is 0.150. The zero-order valence-electron chi connectivity index (χ0n) is 23.0. The Morgan fingerprint density at radius 2 is 1.60 bits per heavy atom. The summed E-state index contributed by atoms with van der Waals surface area (Å²) in [6.45, 7) is 2.97. The van der Waals surface area contributed by atoms with Gasteiger partial charge in [0.2, 0.25) is 10.0 Å². The quantitative estimate of drug-likeness (QED) is 0.224. The Morgan fingerprint density at radius 1 is 1.00 bits per heavy atom. The van der Waals surface area contributed by atoms with Crippen LogP contribution in [-0.2, 0) is 33.5 Å². The number of nitrogens with one attached hydrogen (secondary N) is 1. The van der Waals surface area contributed by atoms with E-state index in [1.807, 2.05) is 35.2 Å². The van der Waals surface area contributed by atoms with Gasteiger partial charge in [0.05, 0.1) is 10.6 Å². The smallest absolute Gasteiger partial charge is 0.380 e. The standard InChI is InChI=1S/C24H34F3N4O7PS3/c1-37-39(32,38-2)18-31-14-12-30(13-15-31)11-10-19(17-40-20-6-4-3-5-7-20)29-22-9-8-21(42(28,35)36)16-23(22)41(33,34)24(25,26)27/h3-9,16,19,29H,10-15,17-18H2,1-2H3,(H2,28,35,36)/t19-/m1/s1. The van der Waals surface area contributed by atoms with Gasteiger partial charge >= 0.3 is 13.1 Å². The highest BCUT2D eigenvalue weighted by Gasteiger charge is 2.48. The monoisotopic (exact) mass is 674 g/mol. The van der Waals surface area contributed by atoms with Crippen molar-refractivity contribution in [2.24, 2.45) is 5.14 Å². The third-order valence-electron chi connectivity index (χ3n) is 6.62. The Kier molecular flexibility index (Phi) is 11.9. The number of nitrogens with two attached hydrogens (primary N) is 1. The molecule has 1 fully saturated rings. The third kappa shape index (κ3) is 9.40. The number of hydrogen-bond donors (Lipinski definition) is 2. The summed E-state index contributed by atoms with van der Waals surface area (Å²) in [4.78, 5) is 3.04. The molecule has 0 unspecified atom stereocenters. The SMILES string of the molecule is COP(=O)(CN1CCN(CC[C@H](CSc2ccccc2)Nc2ccc(S(N)(=O)=O)cc2S(=O)(=O)C(F)(F)F)CC1)OC. The molecule has 11 nitrogen and oxygen atoms in total. The molecule has 3 rings (SSSR count). The van der Waals surface area contributed by atoms with Crippen LogP contribution in [-0.4, -0.2) is 97.2 Å². The van der Waals surface area contributed by atoms with Gasteiger partial charge in [-0.3, -0.25) is 9.46 Å². The lowest BCUT2D eigenvalue weighted by Gasteiger charge is -2.36. The number of nitrogens with zero attached hydrogens (tertiary/aromatic N) is 2. The fraction of sp³-hybridized carbons (Fsp3) is 0.500. The number of primary sulfonamides is 1. The highest BCUT2D eigenvalue weighted by atomic mass is 32.2. The van der Waals surface area contributed by atoms with Crippen LogP contribution in [0.1, 0.15) is 6.42 Å². The van der Waals surface area contributed by atoms with Crippen molar-refractivity contribution < 1.29 is 43.6 Å². The maximum Gasteiger partial charge on any atom is 0.501 e. The van der Waals surface area contributed by atoms with Gasteiger partial charge in [0, 0.05) is 63.6 Å². The van der Waals surface area contributed by atoms with Crippen LogP contribution in [0.3, 0.4) is 0 Å². The number of benzene rings is 2. The van der Waals surface area contributed by atoms with Crippen LogP contribution in [0.2, 0.25) is 0 Å². The number of piperazine rings is 1. The van der Waals surface area contributed by atoms with Crippen molar-refractivity contribution in [1.29, 1.82) is 0 Å². The molecule has 1 heterocycles. The number of alkyl halides is 3. The second kappa shape index (κ2) is 14.4. The lowest BCUT2D eigenvalue weighted by molar-refractivity contribution is -0.0435. The summed E-state index contributed by atoms with van der Waals surface area (Å²) in [5.74, 6) is 0.372. The number of sulfone groups is 1. The Labute approximate surface area is 248 Å². The van der Waals surface area contributed by atoms with Crippen molar-refractivity contribution in [3.8, 4) is 0 Å². The zero-order chi connectivity index (χ0) is 31.2. The van der Waals surface area contributed by atoms with Gasteiger partial charge in [0.25, 0.3) is 9.84 Å². The zero-order valence-corrected chi connectivity index (χ0v) is 26.3. The largest absolute Gasteiger partial charge is 0.501 e. The number of anilines is 1. The van der Waals surface area contributed by atoms with Gasteiger partial charge in [-0.15, -0.1) is 11.8 Å². The Balaban J connectivity index is 1.80. The van der Waals surface area contributed by atoms with Crippen molar-refractivity contribution >= 4 is 44.9 Å². The first-order valence-electron chi connectivity index (χ1n) is 12.7. The van der Waals surface area contributed by atoms with Gasteiger partial charge in [-0.25, -0.2) is 22.0 Å². The fourth-order valence-electron chi connectivity index (χ4n) is 4.20. The number of sulfonamides is 1. The molecule has 1 atom stereocenters. The van der Waals surface area contributed by atoms with E-state index in [1.54, 1.807) is 0 Å². The second-order valence-corrected chi connectivity index (χ2v) is 16.3. The summed E-state index contributed by atoms with van der Waals surface area (Å²) in [5, 5.41) is 7.99. The Hall–Kier alpha value is -1.69. The predicted molar refractivity (Wildman–Crippen MR) is 155 cm³/mol. The fourth-order valence-corrected chi connectivity index (χ4v) is 7.91. The van der Waals surface area contributed by atoms with E-state index in [9.17, 15) is 34.6 Å². The second-order valence-electron chi connectivity index (χ2n) is 9.48. The van der Waals surface area contributed by atoms with E-state index in [2.05, 4.69) is 10.2 Å². The van der Waals surface area contributed by atoms with Gasteiger partial charge in [-0.2, -0.15) is 13.2 Å². The van der Waals surface area contributed by atoms with E-state index in [1.165, 1.54) is 26.0 Å². The van der Waals surface area contributed by atoms with E-state index in [0.717, 1.165) is 17.0 Å². The normalized spacial score (nSPS) is 16.8. The number of hydrogen-bond acceptors (Lipinski definition) is 11. The molecule has 0 aromatic heterocycles. The number of thioether (sulfide) groups is 1. The molecule has 3 N–H and O–H groups in total. The van der Waals surface area contributed by atoms with Crippen LogP contribution in [0, 0.1) is 0 Å². The van der Waals surface area contributed by atoms with Crippen LogP contribution >= 0.6 is 19.4 Å². The van der Waals surface area contributed by atoms with E-state index >= 15 is 0 Å². The molecule has 0 amide bonds. The molecule has 42 heavy (non-hydrogen) atoms. The van der Waals surface area contributed by atoms with Crippen molar-refractivity contribution in [2.45, 2.75) is 32.7 Å². The van der Waals surface area contributed by atoms with Gasteiger partial charge < -0.3 is 19.3 Å². The molecule has 18 heteroatoms. The Bertz CT molecular complexity index is 1450. The summed E-state index contributed by atoms with van der Waals surface area (Å²) in [5.41, 5.74) is -6.04. The van der Waals surface area contributed by atoms with Crippen molar-refractivity contribution in [2.75, 3.05) is 64.3 Å². The van der Waals surface area contributed by atoms with E-state index in [0.29, 0.717) is 51.0 Å². The molecule has 0 saturated carbocycles. The van der Waals surface area contributed by atoms with Gasteiger partial charge in [0.15, 0.2) is 0 Å². The maximum atomic E-state index is 13.6. The summed E-state index contributed by atoms with van der Waals surface area (Å²) < 4.78 is 112. The third-order valence-corrected chi connectivity index (χ3v) is 12.1. The van der Waals surface area contributed by atoms with E-state index in [-0.39, 0.29) is 12.0 Å². The highest BCUT2D eigenvalue weighted by Crippen LogP contribution is 2.46. The average molecular weight is 675 g/mol. The van der Waals surface area contributed by atoms with Crippen LogP contribution in [0.25, 0.3) is 0 Å². The maximum absolute atomic E-state index is 13.6.